The third-order valence-corrected chi connectivity index (χ3v) is 2.22. The van der Waals surface area contributed by atoms with Crippen LogP contribution >= 0.6 is 0 Å². The summed E-state index contributed by atoms with van der Waals surface area (Å²) in [6.45, 7) is 11.7. The van der Waals surface area contributed by atoms with Crippen LogP contribution < -0.4 is 5.32 Å². The van der Waals surface area contributed by atoms with Gasteiger partial charge in [0.25, 0.3) is 0 Å². The van der Waals surface area contributed by atoms with E-state index in [1.54, 1.807) is 6.08 Å². The van der Waals surface area contributed by atoms with Crippen LogP contribution in [0.3, 0.4) is 0 Å². The molecule has 0 aromatic rings. The summed E-state index contributed by atoms with van der Waals surface area (Å²) in [5, 5.41) is 3.05. The second kappa shape index (κ2) is 7.86. The Bertz CT molecular complexity index is 292. The Kier molecular flexibility index (Phi) is 7.08. The normalized spacial score (nSPS) is 15.1. The minimum absolute atomic E-state index is 0.323. The molecule has 0 radical (unpaired) electrons. The first-order valence-electron chi connectivity index (χ1n) is 5.16. The molecule has 0 aliphatic heterocycles. The summed E-state index contributed by atoms with van der Waals surface area (Å²) in [4.78, 5) is 0. The molecule has 0 heterocycles. The van der Waals surface area contributed by atoms with Crippen molar-refractivity contribution in [1.82, 2.24) is 5.32 Å². The molecule has 0 saturated heterocycles. The zero-order chi connectivity index (χ0) is 11.7. The predicted octanol–water partition coefficient (Wildman–Crippen LogP) is 3.60. The van der Waals surface area contributed by atoms with Crippen LogP contribution in [0.25, 0.3) is 0 Å². The molecule has 0 aromatic heterocycles. The fraction of sp³-hybridized carbons (Fsp3) is 0.286. The van der Waals surface area contributed by atoms with Gasteiger partial charge in [0.1, 0.15) is 0 Å². The monoisotopic (exact) mass is 203 g/mol. The molecule has 1 N–H and O–H groups in total. The molecule has 1 atom stereocenters. The molecule has 82 valence electrons. The molecular weight excluding hydrogens is 182 g/mol. The van der Waals surface area contributed by atoms with E-state index < -0.39 is 0 Å². The summed E-state index contributed by atoms with van der Waals surface area (Å²) in [5.41, 5.74) is 2.40. The first-order valence-corrected chi connectivity index (χ1v) is 5.16. The minimum Gasteiger partial charge on any atom is -0.394 e. The molecule has 0 rings (SSSR count). The van der Waals surface area contributed by atoms with E-state index in [9.17, 15) is 0 Å². The molecule has 0 aromatic carbocycles. The number of rotatable bonds is 6. The van der Waals surface area contributed by atoms with Gasteiger partial charge in [-0.3, -0.25) is 0 Å². The van der Waals surface area contributed by atoms with Crippen molar-refractivity contribution in [2.75, 3.05) is 7.05 Å². The van der Waals surface area contributed by atoms with Crippen LogP contribution in [-0.2, 0) is 0 Å². The maximum Gasteiger partial charge on any atom is 0.00749 e. The number of hydrogen-bond donors (Lipinski definition) is 1. The number of allylic oxidation sites excluding steroid dienone is 7. The fourth-order valence-electron chi connectivity index (χ4n) is 1.39. The van der Waals surface area contributed by atoms with Gasteiger partial charge in [0.05, 0.1) is 0 Å². The van der Waals surface area contributed by atoms with E-state index in [2.05, 4.69) is 31.5 Å². The van der Waals surface area contributed by atoms with Gasteiger partial charge >= 0.3 is 0 Å². The zero-order valence-electron chi connectivity index (χ0n) is 9.96. The first-order chi connectivity index (χ1) is 7.21. The van der Waals surface area contributed by atoms with E-state index in [0.717, 1.165) is 0 Å². The lowest BCUT2D eigenvalue weighted by molar-refractivity contribution is 0.833. The third-order valence-electron chi connectivity index (χ3n) is 2.22. The second-order valence-electron chi connectivity index (χ2n) is 3.26. The third kappa shape index (κ3) is 4.50. The molecular formula is C14H21N. The highest BCUT2D eigenvalue weighted by atomic mass is 14.8. The minimum atomic E-state index is 0.323. The Morgan fingerprint density at radius 3 is 2.33 bits per heavy atom. The summed E-state index contributed by atoms with van der Waals surface area (Å²) in [7, 11) is 1.90. The van der Waals surface area contributed by atoms with E-state index in [1.165, 1.54) is 11.1 Å². The van der Waals surface area contributed by atoms with Crippen LogP contribution in [0, 0.1) is 5.92 Å². The van der Waals surface area contributed by atoms with E-state index in [0.29, 0.717) is 5.92 Å². The molecule has 0 fully saturated rings. The van der Waals surface area contributed by atoms with Gasteiger partial charge < -0.3 is 5.32 Å². The van der Waals surface area contributed by atoms with E-state index in [-0.39, 0.29) is 0 Å². The standard InChI is InChI=1S/C14H21N/c1-6-9-13(8-3)12(4)14(10-7-2)11-15-5/h6-12,15H,1,3H2,2,4-5H3/b10-7-,13-9+,14-11+. The highest BCUT2D eigenvalue weighted by molar-refractivity contribution is 5.35. The Morgan fingerprint density at radius 1 is 1.27 bits per heavy atom. The quantitative estimate of drug-likeness (QED) is 0.650. The molecule has 0 amide bonds. The zero-order valence-corrected chi connectivity index (χ0v) is 9.96. The van der Waals surface area contributed by atoms with E-state index in [1.807, 2.05) is 38.4 Å². The van der Waals surface area contributed by atoms with Crippen molar-refractivity contribution in [3.05, 3.63) is 60.9 Å². The summed E-state index contributed by atoms with van der Waals surface area (Å²) in [6.07, 6.45) is 11.8. The van der Waals surface area contributed by atoms with E-state index >= 15 is 0 Å². The lowest BCUT2D eigenvalue weighted by Crippen LogP contribution is -2.04. The van der Waals surface area contributed by atoms with Gasteiger partial charge in [0.2, 0.25) is 0 Å². The molecule has 15 heavy (non-hydrogen) atoms. The molecule has 0 aliphatic rings. The summed E-state index contributed by atoms with van der Waals surface area (Å²) in [5.74, 6) is 0.323. The largest absolute Gasteiger partial charge is 0.394 e. The molecule has 0 aliphatic carbocycles. The Labute approximate surface area is 93.6 Å². The summed E-state index contributed by atoms with van der Waals surface area (Å²) in [6, 6.07) is 0. The van der Waals surface area contributed by atoms with Crippen molar-refractivity contribution in [3.63, 3.8) is 0 Å². The topological polar surface area (TPSA) is 12.0 Å². The molecule has 1 nitrogen and oxygen atoms in total. The molecule has 1 unspecified atom stereocenters. The number of hydrogen-bond acceptors (Lipinski definition) is 1. The molecule has 0 bridgehead atoms. The van der Waals surface area contributed by atoms with Crippen LogP contribution in [0.1, 0.15) is 13.8 Å². The first kappa shape index (κ1) is 13.5. The molecule has 0 spiro atoms. The molecule has 0 saturated carbocycles. The van der Waals surface area contributed by atoms with Crippen molar-refractivity contribution in [1.29, 1.82) is 0 Å². The van der Waals surface area contributed by atoms with Crippen LogP contribution in [-0.4, -0.2) is 7.05 Å². The smallest absolute Gasteiger partial charge is 0.00749 e. The van der Waals surface area contributed by atoms with Crippen molar-refractivity contribution in [3.8, 4) is 0 Å². The van der Waals surface area contributed by atoms with E-state index in [4.69, 9.17) is 0 Å². The predicted molar refractivity (Wildman–Crippen MR) is 69.6 cm³/mol. The fourth-order valence-corrected chi connectivity index (χ4v) is 1.39. The van der Waals surface area contributed by atoms with Crippen molar-refractivity contribution >= 4 is 0 Å². The van der Waals surface area contributed by atoms with Crippen LogP contribution in [0.2, 0.25) is 0 Å². The van der Waals surface area contributed by atoms with Crippen molar-refractivity contribution in [2.24, 2.45) is 5.92 Å². The van der Waals surface area contributed by atoms with Crippen molar-refractivity contribution in [2.45, 2.75) is 13.8 Å². The summed E-state index contributed by atoms with van der Waals surface area (Å²) >= 11 is 0. The number of nitrogens with one attached hydrogen (secondary N) is 1. The Hall–Kier alpha value is -1.50. The van der Waals surface area contributed by atoms with Crippen LogP contribution in [0.4, 0.5) is 0 Å². The van der Waals surface area contributed by atoms with Gasteiger partial charge in [-0.2, -0.15) is 0 Å². The highest BCUT2D eigenvalue weighted by Crippen LogP contribution is 2.21. The van der Waals surface area contributed by atoms with Gasteiger partial charge in [-0.25, -0.2) is 0 Å². The van der Waals surface area contributed by atoms with Crippen LogP contribution in [0.15, 0.2) is 60.9 Å². The lowest BCUT2D eigenvalue weighted by Gasteiger charge is -2.14. The van der Waals surface area contributed by atoms with Gasteiger partial charge in [-0.15, -0.1) is 0 Å². The SMILES string of the molecule is C=C/C=C(\C=C)C(C)C(/C=C\C)=C/NC. The maximum atomic E-state index is 3.82. The highest BCUT2D eigenvalue weighted by Gasteiger charge is 2.08. The van der Waals surface area contributed by atoms with Gasteiger partial charge in [0.15, 0.2) is 0 Å². The summed E-state index contributed by atoms with van der Waals surface area (Å²) < 4.78 is 0. The van der Waals surface area contributed by atoms with Crippen molar-refractivity contribution < 1.29 is 0 Å². The maximum absolute atomic E-state index is 3.82. The lowest BCUT2D eigenvalue weighted by atomic mass is 9.92. The van der Waals surface area contributed by atoms with Gasteiger partial charge in [-0.1, -0.05) is 50.5 Å². The van der Waals surface area contributed by atoms with Crippen LogP contribution in [0.5, 0.6) is 0 Å². The Morgan fingerprint density at radius 2 is 1.93 bits per heavy atom. The molecule has 1 heteroatoms. The van der Waals surface area contributed by atoms with Gasteiger partial charge in [-0.05, 0) is 24.3 Å². The van der Waals surface area contributed by atoms with Gasteiger partial charge in [0, 0.05) is 13.0 Å². The second-order valence-corrected chi connectivity index (χ2v) is 3.26. The Balaban J connectivity index is 4.99. The average molecular weight is 203 g/mol. The average Bonchev–Trinajstić information content (AvgIpc) is 2.24.